The number of rotatable bonds is 0. The van der Waals surface area contributed by atoms with Crippen molar-refractivity contribution >= 4 is 22.6 Å². The lowest BCUT2D eigenvalue weighted by atomic mass is 10.2. The lowest BCUT2D eigenvalue weighted by Crippen LogP contribution is -1.76. The zero-order valence-electron chi connectivity index (χ0n) is 5.06. The zero-order valence-corrected chi connectivity index (χ0v) is 7.21. The van der Waals surface area contributed by atoms with Crippen molar-refractivity contribution in [1.29, 1.82) is 0 Å². The molecular weight excluding hydrogens is 227 g/mol. The van der Waals surface area contributed by atoms with Gasteiger partial charge in [0.05, 0.1) is 0 Å². The Morgan fingerprint density at radius 1 is 1.44 bits per heavy atom. The van der Waals surface area contributed by atoms with E-state index < -0.39 is 0 Å². The minimum atomic E-state index is 0.341. The Morgan fingerprint density at radius 3 is 2.56 bits per heavy atom. The van der Waals surface area contributed by atoms with E-state index in [0.717, 1.165) is 5.56 Å². The van der Waals surface area contributed by atoms with Gasteiger partial charge in [-0.1, -0.05) is 0 Å². The standard InChI is InChI=1S/C7H7IO/c1-5-4-6(9)2-3-7(5)8/h2-4,9H,1H3. The summed E-state index contributed by atoms with van der Waals surface area (Å²) in [5.74, 6) is 0.341. The third kappa shape index (κ3) is 1.58. The van der Waals surface area contributed by atoms with Crippen molar-refractivity contribution in [3.05, 3.63) is 27.3 Å². The molecule has 0 fully saturated rings. The van der Waals surface area contributed by atoms with Gasteiger partial charge in [-0.25, -0.2) is 0 Å². The van der Waals surface area contributed by atoms with E-state index in [0.29, 0.717) is 5.75 Å². The molecule has 0 bridgehead atoms. The predicted molar refractivity (Wildman–Crippen MR) is 45.6 cm³/mol. The molecule has 2 heteroatoms. The maximum absolute atomic E-state index is 8.93. The molecule has 0 saturated heterocycles. The van der Waals surface area contributed by atoms with Crippen LogP contribution in [0.5, 0.6) is 5.75 Å². The van der Waals surface area contributed by atoms with Gasteiger partial charge in [0.1, 0.15) is 5.75 Å². The van der Waals surface area contributed by atoms with Gasteiger partial charge in [0, 0.05) is 3.57 Å². The van der Waals surface area contributed by atoms with E-state index >= 15 is 0 Å². The molecule has 0 saturated carbocycles. The molecule has 0 aliphatic rings. The monoisotopic (exact) mass is 234 g/mol. The largest absolute Gasteiger partial charge is 0.508 e. The highest BCUT2D eigenvalue weighted by Crippen LogP contribution is 2.16. The number of hydrogen-bond acceptors (Lipinski definition) is 1. The summed E-state index contributed by atoms with van der Waals surface area (Å²) in [5.41, 5.74) is 1.12. The van der Waals surface area contributed by atoms with E-state index in [4.69, 9.17) is 5.11 Å². The molecule has 9 heavy (non-hydrogen) atoms. The minimum Gasteiger partial charge on any atom is -0.508 e. The Labute approximate surface area is 67.9 Å². The third-order valence-electron chi connectivity index (χ3n) is 1.14. The van der Waals surface area contributed by atoms with Crippen LogP contribution in [0, 0.1) is 10.5 Å². The normalized spacial score (nSPS) is 9.56. The molecule has 0 spiro atoms. The Hall–Kier alpha value is -0.250. The van der Waals surface area contributed by atoms with E-state index in [1.165, 1.54) is 3.57 Å². The van der Waals surface area contributed by atoms with Crippen molar-refractivity contribution in [2.45, 2.75) is 6.92 Å². The summed E-state index contributed by atoms with van der Waals surface area (Å²) < 4.78 is 1.19. The second kappa shape index (κ2) is 2.56. The minimum absolute atomic E-state index is 0.341. The van der Waals surface area contributed by atoms with E-state index in [2.05, 4.69) is 22.6 Å². The van der Waals surface area contributed by atoms with Crippen LogP contribution in [0.25, 0.3) is 0 Å². The van der Waals surface area contributed by atoms with Crippen molar-refractivity contribution in [3.63, 3.8) is 0 Å². The molecule has 0 radical (unpaired) electrons. The number of halogens is 1. The Morgan fingerprint density at radius 2 is 2.11 bits per heavy atom. The average Bonchev–Trinajstić information content (AvgIpc) is 1.80. The van der Waals surface area contributed by atoms with E-state index in [1.807, 2.05) is 13.0 Å². The smallest absolute Gasteiger partial charge is 0.115 e. The van der Waals surface area contributed by atoms with Crippen LogP contribution in [0.15, 0.2) is 18.2 Å². The van der Waals surface area contributed by atoms with Crippen molar-refractivity contribution in [3.8, 4) is 5.75 Å². The lowest BCUT2D eigenvalue weighted by molar-refractivity contribution is 0.474. The zero-order chi connectivity index (χ0) is 6.85. The molecule has 1 aromatic carbocycles. The van der Waals surface area contributed by atoms with Crippen LogP contribution in [0.4, 0.5) is 0 Å². The first-order chi connectivity index (χ1) is 4.20. The molecule has 48 valence electrons. The molecule has 1 aromatic rings. The van der Waals surface area contributed by atoms with Crippen LogP contribution >= 0.6 is 22.6 Å². The summed E-state index contributed by atoms with van der Waals surface area (Å²) in [4.78, 5) is 0. The molecule has 1 nitrogen and oxygen atoms in total. The van der Waals surface area contributed by atoms with Crippen molar-refractivity contribution in [1.82, 2.24) is 0 Å². The van der Waals surface area contributed by atoms with Gasteiger partial charge < -0.3 is 5.11 Å². The second-order valence-electron chi connectivity index (χ2n) is 1.93. The summed E-state index contributed by atoms with van der Waals surface area (Å²) in [5, 5.41) is 8.93. The molecule has 0 aliphatic carbocycles. The summed E-state index contributed by atoms with van der Waals surface area (Å²) in [6.07, 6.45) is 0. The maximum atomic E-state index is 8.93. The fraction of sp³-hybridized carbons (Fsp3) is 0.143. The molecule has 0 atom stereocenters. The van der Waals surface area contributed by atoms with Gasteiger partial charge in [0.2, 0.25) is 0 Å². The third-order valence-corrected chi connectivity index (χ3v) is 2.35. The molecule has 1 N–H and O–H groups in total. The molecule has 1 rings (SSSR count). The molecular formula is C7H7IO. The van der Waals surface area contributed by atoms with Crippen LogP contribution in [-0.4, -0.2) is 5.11 Å². The SMILES string of the molecule is Cc1cc(O)ccc1I. The second-order valence-corrected chi connectivity index (χ2v) is 3.10. The summed E-state index contributed by atoms with van der Waals surface area (Å²) in [6, 6.07) is 5.34. The summed E-state index contributed by atoms with van der Waals surface area (Å²) in [6.45, 7) is 1.97. The quantitative estimate of drug-likeness (QED) is 0.683. The first-order valence-electron chi connectivity index (χ1n) is 2.65. The fourth-order valence-corrected chi connectivity index (χ4v) is 0.964. The van der Waals surface area contributed by atoms with Gasteiger partial charge in [0.15, 0.2) is 0 Å². The molecule has 0 aliphatic heterocycles. The summed E-state index contributed by atoms with van der Waals surface area (Å²) in [7, 11) is 0. The van der Waals surface area contributed by atoms with Gasteiger partial charge in [-0.05, 0) is 53.3 Å². The van der Waals surface area contributed by atoms with Crippen molar-refractivity contribution < 1.29 is 5.11 Å². The Bertz CT molecular complexity index is 220. The highest BCUT2D eigenvalue weighted by atomic mass is 127. The number of hydrogen-bond donors (Lipinski definition) is 1. The number of aryl methyl sites for hydroxylation is 1. The van der Waals surface area contributed by atoms with Crippen molar-refractivity contribution in [2.24, 2.45) is 0 Å². The average molecular weight is 234 g/mol. The number of phenolic OH excluding ortho intramolecular Hbond substituents is 1. The lowest BCUT2D eigenvalue weighted by Gasteiger charge is -1.95. The van der Waals surface area contributed by atoms with Crippen LogP contribution in [-0.2, 0) is 0 Å². The van der Waals surface area contributed by atoms with E-state index in [9.17, 15) is 0 Å². The van der Waals surface area contributed by atoms with Gasteiger partial charge in [-0.15, -0.1) is 0 Å². The molecule has 0 heterocycles. The van der Waals surface area contributed by atoms with Crippen LogP contribution in [0.2, 0.25) is 0 Å². The van der Waals surface area contributed by atoms with Gasteiger partial charge in [0.25, 0.3) is 0 Å². The van der Waals surface area contributed by atoms with Crippen LogP contribution in [0.1, 0.15) is 5.56 Å². The van der Waals surface area contributed by atoms with Gasteiger partial charge in [-0.3, -0.25) is 0 Å². The molecule has 0 amide bonds. The Kier molecular flexibility index (Phi) is 1.95. The molecule has 0 aromatic heterocycles. The number of benzene rings is 1. The van der Waals surface area contributed by atoms with E-state index in [1.54, 1.807) is 12.1 Å². The first-order valence-corrected chi connectivity index (χ1v) is 3.73. The highest BCUT2D eigenvalue weighted by Gasteiger charge is 1.92. The highest BCUT2D eigenvalue weighted by molar-refractivity contribution is 14.1. The summed E-state index contributed by atoms with van der Waals surface area (Å²) >= 11 is 2.23. The molecule has 0 unspecified atom stereocenters. The van der Waals surface area contributed by atoms with Gasteiger partial charge in [-0.2, -0.15) is 0 Å². The Balaban J connectivity index is 3.17. The van der Waals surface area contributed by atoms with Crippen LogP contribution in [0.3, 0.4) is 0 Å². The topological polar surface area (TPSA) is 20.2 Å². The van der Waals surface area contributed by atoms with Gasteiger partial charge >= 0.3 is 0 Å². The van der Waals surface area contributed by atoms with Crippen LogP contribution < -0.4 is 0 Å². The number of phenols is 1. The predicted octanol–water partition coefficient (Wildman–Crippen LogP) is 2.31. The van der Waals surface area contributed by atoms with E-state index in [-0.39, 0.29) is 0 Å². The maximum Gasteiger partial charge on any atom is 0.115 e. The fourth-order valence-electron chi connectivity index (χ4n) is 0.629. The number of aromatic hydroxyl groups is 1. The van der Waals surface area contributed by atoms with Crippen molar-refractivity contribution in [2.75, 3.05) is 0 Å². The first kappa shape index (κ1) is 6.86.